The molecule has 0 radical (unpaired) electrons. The fourth-order valence-corrected chi connectivity index (χ4v) is 5.16. The number of aliphatic hydroxyl groups excluding tert-OH is 1. The van der Waals surface area contributed by atoms with Gasteiger partial charge >= 0.3 is 6.09 Å². The maximum Gasteiger partial charge on any atom is 0.417 e. The molecule has 0 aromatic heterocycles. The summed E-state index contributed by atoms with van der Waals surface area (Å²) >= 11 is 3.26. The number of carbonyl (C=O) groups is 3. The second kappa shape index (κ2) is 14.2. The van der Waals surface area contributed by atoms with E-state index >= 15 is 0 Å². The minimum Gasteiger partial charge on any atom is -0.446 e. The standard InChI is InChI=1S/C27H36BrNO8/c1-35-24(25(32)29-20(18-36-26(29)33)19-13-9-8-10-14-19)23-21(31)17-22(28)27(34,37-23)15-11-6-4-2-3-5-7-12-16-30/h8-10,13-14,17,20,23-24,30,34H,2-7,11-12,15-16,18H2,1H3. The lowest BCUT2D eigenvalue weighted by Gasteiger charge is -2.38. The number of hydrogen-bond donors (Lipinski definition) is 2. The lowest BCUT2D eigenvalue weighted by atomic mass is 9.97. The average molecular weight is 582 g/mol. The molecule has 1 aromatic carbocycles. The van der Waals surface area contributed by atoms with Crippen LogP contribution in [0.4, 0.5) is 4.79 Å². The first-order valence-corrected chi connectivity index (χ1v) is 13.6. The first-order valence-electron chi connectivity index (χ1n) is 12.8. The minimum absolute atomic E-state index is 0.0126. The number of unbranched alkanes of at least 4 members (excludes halogenated alkanes) is 7. The van der Waals surface area contributed by atoms with Crippen LogP contribution in [0, 0.1) is 0 Å². The molecule has 3 rings (SSSR count). The van der Waals surface area contributed by atoms with Crippen molar-refractivity contribution in [3.8, 4) is 0 Å². The van der Waals surface area contributed by atoms with E-state index in [1.807, 2.05) is 6.07 Å². The number of rotatable bonds is 14. The molecule has 0 spiro atoms. The van der Waals surface area contributed by atoms with E-state index in [4.69, 9.17) is 19.3 Å². The molecule has 2 amide bonds. The maximum absolute atomic E-state index is 13.5. The van der Waals surface area contributed by atoms with Crippen LogP contribution >= 0.6 is 15.9 Å². The summed E-state index contributed by atoms with van der Waals surface area (Å²) < 4.78 is 16.5. The molecule has 204 valence electrons. The number of halogens is 1. The summed E-state index contributed by atoms with van der Waals surface area (Å²) in [6, 6.07) is 8.31. The zero-order chi connectivity index (χ0) is 26.8. The van der Waals surface area contributed by atoms with Gasteiger partial charge < -0.3 is 24.4 Å². The number of hydrogen-bond acceptors (Lipinski definition) is 8. The molecule has 37 heavy (non-hydrogen) atoms. The van der Waals surface area contributed by atoms with Crippen molar-refractivity contribution >= 4 is 33.7 Å². The molecule has 1 saturated heterocycles. The summed E-state index contributed by atoms with van der Waals surface area (Å²) in [5.74, 6) is -3.11. The Bertz CT molecular complexity index is 955. The summed E-state index contributed by atoms with van der Waals surface area (Å²) in [6.45, 7) is 0.219. The molecule has 1 fully saturated rings. The van der Waals surface area contributed by atoms with Crippen LogP contribution in [-0.2, 0) is 23.8 Å². The molecule has 0 aliphatic carbocycles. The van der Waals surface area contributed by atoms with E-state index in [0.717, 1.165) is 49.8 Å². The van der Waals surface area contributed by atoms with E-state index in [-0.39, 0.29) is 24.1 Å². The minimum atomic E-state index is -1.79. The first-order chi connectivity index (χ1) is 17.8. The van der Waals surface area contributed by atoms with Gasteiger partial charge in [0, 0.05) is 20.1 Å². The summed E-state index contributed by atoms with van der Waals surface area (Å²) in [6.07, 6.45) is 5.36. The third-order valence-corrected chi connectivity index (χ3v) is 7.58. The molecule has 0 saturated carbocycles. The normalized spacial score (nSPS) is 24.6. The second-order valence-corrected chi connectivity index (χ2v) is 10.2. The average Bonchev–Trinajstić information content (AvgIpc) is 3.28. The fourth-order valence-electron chi connectivity index (χ4n) is 4.65. The first kappa shape index (κ1) is 29.4. The Kier molecular flexibility index (Phi) is 11.3. The topological polar surface area (TPSA) is 123 Å². The molecule has 9 nitrogen and oxygen atoms in total. The largest absolute Gasteiger partial charge is 0.446 e. The predicted molar refractivity (Wildman–Crippen MR) is 139 cm³/mol. The highest BCUT2D eigenvalue weighted by Crippen LogP contribution is 2.37. The van der Waals surface area contributed by atoms with Crippen LogP contribution in [0.25, 0.3) is 0 Å². The van der Waals surface area contributed by atoms with Crippen molar-refractivity contribution in [2.45, 2.75) is 81.8 Å². The van der Waals surface area contributed by atoms with E-state index in [9.17, 15) is 19.5 Å². The molecule has 0 bridgehead atoms. The number of imide groups is 1. The Morgan fingerprint density at radius 1 is 1.11 bits per heavy atom. The van der Waals surface area contributed by atoms with Crippen molar-refractivity contribution in [1.29, 1.82) is 0 Å². The molecule has 10 heteroatoms. The van der Waals surface area contributed by atoms with Crippen molar-refractivity contribution in [2.24, 2.45) is 0 Å². The van der Waals surface area contributed by atoms with Gasteiger partial charge in [0.2, 0.25) is 0 Å². The number of methoxy groups -OCH3 is 1. The molecular formula is C27H36BrNO8. The molecular weight excluding hydrogens is 546 g/mol. The van der Waals surface area contributed by atoms with Crippen molar-refractivity contribution in [3.63, 3.8) is 0 Å². The van der Waals surface area contributed by atoms with Crippen LogP contribution in [0.3, 0.4) is 0 Å². The van der Waals surface area contributed by atoms with Crippen LogP contribution in [0.2, 0.25) is 0 Å². The molecule has 2 heterocycles. The molecule has 4 atom stereocenters. The second-order valence-electron chi connectivity index (χ2n) is 9.39. The monoisotopic (exact) mass is 581 g/mol. The molecule has 2 aliphatic heterocycles. The quantitative estimate of drug-likeness (QED) is 0.314. The molecule has 2 aliphatic rings. The van der Waals surface area contributed by atoms with Gasteiger partial charge in [0.25, 0.3) is 5.91 Å². The number of carbonyl (C=O) groups excluding carboxylic acids is 3. The molecule has 2 N–H and O–H groups in total. The smallest absolute Gasteiger partial charge is 0.417 e. The zero-order valence-electron chi connectivity index (χ0n) is 21.1. The Labute approximate surface area is 225 Å². The van der Waals surface area contributed by atoms with Crippen molar-refractivity contribution in [3.05, 3.63) is 46.5 Å². The number of nitrogens with zero attached hydrogens (tertiary/aromatic N) is 1. The highest BCUT2D eigenvalue weighted by Gasteiger charge is 2.50. The van der Waals surface area contributed by atoms with Gasteiger partial charge in [-0.25, -0.2) is 9.69 Å². The maximum atomic E-state index is 13.5. The molecule has 4 unspecified atom stereocenters. The van der Waals surface area contributed by atoms with E-state index in [0.29, 0.717) is 12.0 Å². The van der Waals surface area contributed by atoms with E-state index < -0.39 is 41.8 Å². The summed E-state index contributed by atoms with van der Waals surface area (Å²) in [7, 11) is 1.26. The van der Waals surface area contributed by atoms with Gasteiger partial charge in [-0.2, -0.15) is 0 Å². The van der Waals surface area contributed by atoms with Crippen LogP contribution in [-0.4, -0.2) is 71.2 Å². The Morgan fingerprint density at radius 2 is 1.73 bits per heavy atom. The predicted octanol–water partition coefficient (Wildman–Crippen LogP) is 4.16. The van der Waals surface area contributed by atoms with E-state index in [1.54, 1.807) is 24.3 Å². The highest BCUT2D eigenvalue weighted by molar-refractivity contribution is 9.11. The van der Waals surface area contributed by atoms with Gasteiger partial charge in [0.05, 0.1) is 4.48 Å². The number of amides is 2. The van der Waals surface area contributed by atoms with Gasteiger partial charge in [-0.15, -0.1) is 0 Å². The number of ketones is 1. The van der Waals surface area contributed by atoms with Crippen LogP contribution < -0.4 is 0 Å². The summed E-state index contributed by atoms with van der Waals surface area (Å²) in [4.78, 5) is 39.8. The zero-order valence-corrected chi connectivity index (χ0v) is 22.7. The van der Waals surface area contributed by atoms with Crippen molar-refractivity contribution < 1.29 is 38.8 Å². The number of benzene rings is 1. The lowest BCUT2D eigenvalue weighted by molar-refractivity contribution is -0.227. The van der Waals surface area contributed by atoms with Crippen molar-refractivity contribution in [1.82, 2.24) is 4.90 Å². The Morgan fingerprint density at radius 3 is 2.35 bits per heavy atom. The van der Waals surface area contributed by atoms with Crippen LogP contribution in [0.5, 0.6) is 0 Å². The van der Waals surface area contributed by atoms with Crippen LogP contribution in [0.1, 0.15) is 69.4 Å². The number of ether oxygens (including phenoxy) is 3. The highest BCUT2D eigenvalue weighted by atomic mass is 79.9. The number of aliphatic hydroxyl groups is 2. The Balaban J connectivity index is 1.63. The van der Waals surface area contributed by atoms with Gasteiger partial charge in [0.1, 0.15) is 12.6 Å². The third kappa shape index (κ3) is 7.48. The van der Waals surface area contributed by atoms with Gasteiger partial charge in [0.15, 0.2) is 23.8 Å². The van der Waals surface area contributed by atoms with E-state index in [1.165, 1.54) is 13.2 Å². The third-order valence-electron chi connectivity index (χ3n) is 6.74. The van der Waals surface area contributed by atoms with Gasteiger partial charge in [-0.05, 0) is 40.4 Å². The van der Waals surface area contributed by atoms with E-state index in [2.05, 4.69) is 15.9 Å². The SMILES string of the molecule is COC(C(=O)N1C(=O)OCC1c1ccccc1)C1OC(O)(CCCCCCCCCCO)C(Br)=CC1=O. The Hall–Kier alpha value is -2.11. The van der Waals surface area contributed by atoms with Crippen molar-refractivity contribution in [2.75, 3.05) is 20.3 Å². The fraction of sp³-hybridized carbons (Fsp3) is 0.593. The summed E-state index contributed by atoms with van der Waals surface area (Å²) in [5.41, 5.74) is 0.708. The number of cyclic esters (lactones) is 1. The summed E-state index contributed by atoms with van der Waals surface area (Å²) in [5, 5.41) is 20.1. The van der Waals surface area contributed by atoms with Gasteiger partial charge in [-0.1, -0.05) is 68.9 Å². The lowest BCUT2D eigenvalue weighted by Crippen LogP contribution is -2.55. The molecule has 1 aromatic rings. The van der Waals surface area contributed by atoms with Crippen LogP contribution in [0.15, 0.2) is 40.9 Å². The van der Waals surface area contributed by atoms with Gasteiger partial charge in [-0.3, -0.25) is 9.59 Å².